The van der Waals surface area contributed by atoms with Crippen LogP contribution in [0.5, 0.6) is 0 Å². The van der Waals surface area contributed by atoms with Crippen LogP contribution in [0.1, 0.15) is 34.5 Å². The maximum absolute atomic E-state index is 13.1. The van der Waals surface area contributed by atoms with Gasteiger partial charge in [-0.2, -0.15) is 5.26 Å². The molecule has 2 aliphatic heterocycles. The number of aryl methyl sites for hydroxylation is 1. The Morgan fingerprint density at radius 3 is 2.79 bits per heavy atom. The Labute approximate surface area is 230 Å². The van der Waals surface area contributed by atoms with E-state index in [2.05, 4.69) is 26.9 Å². The summed E-state index contributed by atoms with van der Waals surface area (Å²) in [5.41, 5.74) is 3.47. The number of fused-ring (bicyclic) bond motifs is 2. The zero-order valence-electron chi connectivity index (χ0n) is 22.3. The van der Waals surface area contributed by atoms with Crippen LogP contribution >= 0.6 is 11.3 Å². The molecule has 39 heavy (non-hydrogen) atoms. The number of aromatic nitrogens is 3. The van der Waals surface area contributed by atoms with Gasteiger partial charge in [0.05, 0.1) is 18.5 Å². The first-order chi connectivity index (χ1) is 18.9. The van der Waals surface area contributed by atoms with Crippen molar-refractivity contribution in [2.24, 2.45) is 5.41 Å². The third-order valence-electron chi connectivity index (χ3n) is 8.46. The van der Waals surface area contributed by atoms with Crippen molar-refractivity contribution in [3.63, 3.8) is 0 Å². The number of halogens is 2. The Bertz CT molecular complexity index is 1560. The minimum atomic E-state index is -2.50. The van der Waals surface area contributed by atoms with E-state index in [1.165, 1.54) is 15.0 Å². The highest BCUT2D eigenvalue weighted by Crippen LogP contribution is 2.43. The van der Waals surface area contributed by atoms with Crippen molar-refractivity contribution < 1.29 is 13.5 Å². The van der Waals surface area contributed by atoms with Crippen molar-refractivity contribution in [3.8, 4) is 6.07 Å². The van der Waals surface area contributed by atoms with Crippen LogP contribution in [0.3, 0.4) is 0 Å². The summed E-state index contributed by atoms with van der Waals surface area (Å²) in [5.74, 6) is 1.04. The van der Waals surface area contributed by atoms with E-state index in [1.54, 1.807) is 30.8 Å². The Morgan fingerprint density at radius 2 is 2.00 bits per heavy atom. The summed E-state index contributed by atoms with van der Waals surface area (Å²) in [6.07, 6.45) is 2.34. The van der Waals surface area contributed by atoms with Gasteiger partial charge >= 0.3 is 0 Å². The van der Waals surface area contributed by atoms with E-state index in [0.717, 1.165) is 79.0 Å². The highest BCUT2D eigenvalue weighted by molar-refractivity contribution is 7.18. The van der Waals surface area contributed by atoms with Crippen LogP contribution in [-0.2, 0) is 24.2 Å². The lowest BCUT2D eigenvalue weighted by Gasteiger charge is -2.25. The van der Waals surface area contributed by atoms with Crippen molar-refractivity contribution in [3.05, 3.63) is 52.3 Å². The van der Waals surface area contributed by atoms with Gasteiger partial charge in [-0.05, 0) is 55.6 Å². The van der Waals surface area contributed by atoms with Crippen LogP contribution in [0.2, 0.25) is 0 Å². The van der Waals surface area contributed by atoms with Gasteiger partial charge in [0.25, 0.3) is 6.43 Å². The Morgan fingerprint density at radius 1 is 1.15 bits per heavy atom. The number of alkyl halides is 2. The zero-order valence-corrected chi connectivity index (χ0v) is 23.1. The molecule has 0 amide bonds. The molecule has 1 aromatic carbocycles. The summed E-state index contributed by atoms with van der Waals surface area (Å²) in [7, 11) is 1.73. The van der Waals surface area contributed by atoms with Gasteiger partial charge in [0.2, 0.25) is 0 Å². The van der Waals surface area contributed by atoms with Crippen LogP contribution in [0, 0.1) is 23.7 Å². The first-order valence-electron chi connectivity index (χ1n) is 13.4. The largest absolute Gasteiger partial charge is 0.384 e. The van der Waals surface area contributed by atoms with E-state index >= 15 is 0 Å². The van der Waals surface area contributed by atoms with E-state index < -0.39 is 13.0 Å². The highest BCUT2D eigenvalue weighted by Gasteiger charge is 2.44. The van der Waals surface area contributed by atoms with Crippen molar-refractivity contribution in [1.82, 2.24) is 19.4 Å². The smallest absolute Gasteiger partial charge is 0.256 e. The van der Waals surface area contributed by atoms with Crippen LogP contribution in [0.15, 0.2) is 30.6 Å². The monoisotopic (exact) mass is 550 g/mol. The van der Waals surface area contributed by atoms with Gasteiger partial charge in [0.15, 0.2) is 0 Å². The molecular weight excluding hydrogens is 518 g/mol. The fraction of sp³-hybridized carbons (Fsp3) is 0.483. The predicted octanol–water partition coefficient (Wildman–Crippen LogP) is 5.38. The summed E-state index contributed by atoms with van der Waals surface area (Å²) in [4.78, 5) is 16.5. The molecule has 0 N–H and O–H groups in total. The summed E-state index contributed by atoms with van der Waals surface area (Å²) >= 11 is 1.72. The Balaban J connectivity index is 1.17. The number of thiophene rings is 1. The van der Waals surface area contributed by atoms with Gasteiger partial charge in [-0.1, -0.05) is 6.07 Å². The molecule has 10 heteroatoms. The molecule has 3 aromatic heterocycles. The molecule has 0 unspecified atom stereocenters. The molecule has 2 saturated heterocycles. The maximum atomic E-state index is 13.1. The van der Waals surface area contributed by atoms with Crippen molar-refractivity contribution >= 4 is 38.3 Å². The average Bonchev–Trinajstić information content (AvgIpc) is 3.70. The predicted molar refractivity (Wildman–Crippen MR) is 150 cm³/mol. The molecule has 4 aromatic rings. The molecular formula is C29H32F2N6OS. The van der Waals surface area contributed by atoms with Crippen LogP contribution in [-0.4, -0.2) is 65.8 Å². The molecule has 204 valence electrons. The van der Waals surface area contributed by atoms with Gasteiger partial charge in [0, 0.05) is 60.9 Å². The van der Waals surface area contributed by atoms with Gasteiger partial charge in [-0.15, -0.1) is 11.3 Å². The lowest BCUT2D eigenvalue weighted by molar-refractivity contribution is 0.128. The summed E-state index contributed by atoms with van der Waals surface area (Å²) in [6.45, 7) is 7.11. The van der Waals surface area contributed by atoms with Crippen molar-refractivity contribution in [2.45, 2.75) is 45.7 Å². The number of likely N-dealkylation sites (tertiary alicyclic amines) is 1. The third-order valence-corrected chi connectivity index (χ3v) is 9.57. The van der Waals surface area contributed by atoms with E-state index in [4.69, 9.17) is 9.72 Å². The number of benzene rings is 1. The number of nitriles is 1. The minimum absolute atomic E-state index is 0.235. The maximum Gasteiger partial charge on any atom is 0.256 e. The average molecular weight is 551 g/mol. The molecule has 2 fully saturated rings. The number of ether oxygens (including phenoxy) is 1. The Kier molecular flexibility index (Phi) is 7.00. The third kappa shape index (κ3) is 4.88. The van der Waals surface area contributed by atoms with E-state index in [-0.39, 0.29) is 11.1 Å². The second-order valence-corrected chi connectivity index (χ2v) is 12.0. The fourth-order valence-electron chi connectivity index (χ4n) is 6.44. The first-order valence-corrected chi connectivity index (χ1v) is 14.2. The van der Waals surface area contributed by atoms with Gasteiger partial charge in [-0.3, -0.25) is 4.90 Å². The SMILES string of the molecule is COCCc1cc2c(N3CC[C@]4(CCN(Cc5ccc6c(cc(C#N)n6CC(F)F)c5C)C4)C3)ncnc2s1. The topological polar surface area (TPSA) is 70.2 Å². The second-order valence-electron chi connectivity index (χ2n) is 10.9. The molecule has 2 aliphatic rings. The summed E-state index contributed by atoms with van der Waals surface area (Å²) in [6, 6.07) is 10.0. The van der Waals surface area contributed by atoms with E-state index in [1.807, 2.05) is 19.1 Å². The first kappa shape index (κ1) is 26.1. The highest BCUT2D eigenvalue weighted by atomic mass is 32.1. The normalized spacial score (nSPS) is 19.8. The van der Waals surface area contributed by atoms with E-state index in [0.29, 0.717) is 12.1 Å². The number of methoxy groups -OCH3 is 1. The van der Waals surface area contributed by atoms with E-state index in [9.17, 15) is 14.0 Å². The Hall–Kier alpha value is -3.13. The van der Waals surface area contributed by atoms with Crippen molar-refractivity contribution in [1.29, 1.82) is 5.26 Å². The molecule has 5 heterocycles. The number of hydrogen-bond donors (Lipinski definition) is 0. The molecule has 1 atom stereocenters. The summed E-state index contributed by atoms with van der Waals surface area (Å²) in [5, 5.41) is 11.5. The van der Waals surface area contributed by atoms with Crippen LogP contribution < -0.4 is 4.90 Å². The van der Waals surface area contributed by atoms with Gasteiger partial charge in [-0.25, -0.2) is 18.7 Å². The lowest BCUT2D eigenvalue weighted by atomic mass is 9.86. The lowest BCUT2D eigenvalue weighted by Crippen LogP contribution is -2.31. The zero-order chi connectivity index (χ0) is 27.1. The number of hydrogen-bond acceptors (Lipinski definition) is 7. The van der Waals surface area contributed by atoms with Crippen LogP contribution in [0.4, 0.5) is 14.6 Å². The second kappa shape index (κ2) is 10.5. The number of nitrogens with zero attached hydrogens (tertiary/aromatic N) is 6. The standard InChI is InChI=1S/C29H32F2N6OS/c1-19-20(3-4-25-23(19)11-21(13-32)37(25)15-26(30)31)14-35-8-6-29(16-35)7-9-36(17-29)27-24-12-22(5-10-38-2)39-28(24)34-18-33-27/h3-4,11-12,18,26H,5-10,14-17H2,1-2H3/t29-/m0/s1. The quantitative estimate of drug-likeness (QED) is 0.293. The molecule has 0 saturated carbocycles. The number of anilines is 1. The molecule has 6 rings (SSSR count). The fourth-order valence-corrected chi connectivity index (χ4v) is 7.41. The van der Waals surface area contributed by atoms with Gasteiger partial charge in [0.1, 0.15) is 28.7 Å². The molecule has 7 nitrogen and oxygen atoms in total. The van der Waals surface area contributed by atoms with Crippen LogP contribution in [0.25, 0.3) is 21.1 Å². The summed E-state index contributed by atoms with van der Waals surface area (Å²) < 4.78 is 33.0. The minimum Gasteiger partial charge on any atom is -0.384 e. The van der Waals surface area contributed by atoms with Crippen molar-refractivity contribution in [2.75, 3.05) is 44.8 Å². The molecule has 0 aliphatic carbocycles. The number of rotatable bonds is 8. The molecule has 0 bridgehead atoms. The molecule has 0 radical (unpaired) electrons. The molecule has 1 spiro atoms. The van der Waals surface area contributed by atoms with Gasteiger partial charge < -0.3 is 14.2 Å².